The number of nitrogens with one attached hydrogen (secondary N) is 1. The Labute approximate surface area is 115 Å². The average molecular weight is 363 g/mol. The quantitative estimate of drug-likeness (QED) is 0.817. The Kier molecular flexibility index (Phi) is 4.09. The standard InChI is InChI=1S/C12H14INO2S/c13-8-7-10-3-5-12(6-4-10)14-17(15,16)9-11-1-2-11/h3-8,11,14H,1-2,9H2/b8-7+. The summed E-state index contributed by atoms with van der Waals surface area (Å²) >= 11 is 2.15. The largest absolute Gasteiger partial charge is 0.284 e. The number of hydrogen-bond acceptors (Lipinski definition) is 2. The number of hydrogen-bond donors (Lipinski definition) is 1. The Hall–Kier alpha value is -0.560. The van der Waals surface area contributed by atoms with E-state index in [0.29, 0.717) is 11.6 Å². The molecule has 0 unspecified atom stereocenters. The van der Waals surface area contributed by atoms with E-state index < -0.39 is 10.0 Å². The fourth-order valence-corrected chi connectivity index (χ4v) is 3.50. The highest BCUT2D eigenvalue weighted by molar-refractivity contribution is 14.1. The van der Waals surface area contributed by atoms with E-state index in [1.54, 1.807) is 12.1 Å². The van der Waals surface area contributed by atoms with E-state index >= 15 is 0 Å². The van der Waals surface area contributed by atoms with Crippen LogP contribution in [-0.2, 0) is 10.0 Å². The lowest BCUT2D eigenvalue weighted by atomic mass is 10.2. The van der Waals surface area contributed by atoms with Crippen molar-refractivity contribution in [2.45, 2.75) is 12.8 Å². The Morgan fingerprint density at radius 1 is 1.29 bits per heavy atom. The molecule has 17 heavy (non-hydrogen) atoms. The molecule has 1 N–H and O–H groups in total. The molecule has 0 radical (unpaired) electrons. The third-order valence-electron chi connectivity index (χ3n) is 2.59. The third kappa shape index (κ3) is 4.31. The smallest absolute Gasteiger partial charge is 0.232 e. The van der Waals surface area contributed by atoms with Gasteiger partial charge in [0.2, 0.25) is 10.0 Å². The Morgan fingerprint density at radius 2 is 1.94 bits per heavy atom. The van der Waals surface area contributed by atoms with Crippen molar-refractivity contribution in [3.8, 4) is 0 Å². The molecule has 0 spiro atoms. The Bertz CT molecular complexity index is 504. The van der Waals surface area contributed by atoms with Crippen molar-refractivity contribution in [1.29, 1.82) is 0 Å². The van der Waals surface area contributed by atoms with Gasteiger partial charge in [-0.25, -0.2) is 8.42 Å². The summed E-state index contributed by atoms with van der Waals surface area (Å²) in [6, 6.07) is 7.36. The predicted molar refractivity (Wildman–Crippen MR) is 79.6 cm³/mol. The van der Waals surface area contributed by atoms with Crippen molar-refractivity contribution in [3.05, 3.63) is 33.9 Å². The minimum absolute atomic E-state index is 0.252. The molecule has 5 heteroatoms. The molecule has 0 bridgehead atoms. The number of halogens is 1. The van der Waals surface area contributed by atoms with Crippen molar-refractivity contribution in [2.24, 2.45) is 5.92 Å². The fourth-order valence-electron chi connectivity index (χ4n) is 1.55. The molecule has 0 heterocycles. The van der Waals surface area contributed by atoms with Gasteiger partial charge >= 0.3 is 0 Å². The summed E-state index contributed by atoms with van der Waals surface area (Å²) in [7, 11) is -3.17. The first-order valence-corrected chi connectivity index (χ1v) is 8.36. The molecule has 0 saturated heterocycles. The molecule has 0 aliphatic heterocycles. The summed E-state index contributed by atoms with van der Waals surface area (Å²) in [5, 5.41) is 0. The van der Waals surface area contributed by atoms with Crippen LogP contribution in [0, 0.1) is 5.92 Å². The monoisotopic (exact) mass is 363 g/mol. The topological polar surface area (TPSA) is 46.2 Å². The van der Waals surface area contributed by atoms with Gasteiger partial charge in [-0.15, -0.1) is 0 Å². The van der Waals surface area contributed by atoms with Gasteiger partial charge in [0.15, 0.2) is 0 Å². The molecule has 3 nitrogen and oxygen atoms in total. The Morgan fingerprint density at radius 3 is 2.47 bits per heavy atom. The molecule has 1 aromatic carbocycles. The van der Waals surface area contributed by atoms with Gasteiger partial charge in [-0.1, -0.05) is 34.7 Å². The van der Waals surface area contributed by atoms with Gasteiger partial charge in [0.25, 0.3) is 0 Å². The molecule has 0 atom stereocenters. The zero-order chi connectivity index (χ0) is 12.3. The van der Waals surface area contributed by atoms with Crippen LogP contribution >= 0.6 is 22.6 Å². The summed E-state index contributed by atoms with van der Waals surface area (Å²) in [4.78, 5) is 0. The van der Waals surface area contributed by atoms with Crippen LogP contribution in [0.5, 0.6) is 0 Å². The normalized spacial score (nSPS) is 16.3. The van der Waals surface area contributed by atoms with Crippen molar-refractivity contribution in [3.63, 3.8) is 0 Å². The molecular weight excluding hydrogens is 349 g/mol. The summed E-state index contributed by atoms with van der Waals surface area (Å²) in [6.45, 7) is 0. The molecule has 0 aromatic heterocycles. The summed E-state index contributed by atoms with van der Waals surface area (Å²) in [5.41, 5.74) is 1.70. The van der Waals surface area contributed by atoms with Gasteiger partial charge in [0.1, 0.15) is 0 Å². The molecule has 92 valence electrons. The molecule has 1 saturated carbocycles. The van der Waals surface area contributed by atoms with Crippen molar-refractivity contribution >= 4 is 44.4 Å². The zero-order valence-corrected chi connectivity index (χ0v) is 12.2. The lowest BCUT2D eigenvalue weighted by Gasteiger charge is -2.07. The van der Waals surface area contributed by atoms with E-state index in [9.17, 15) is 8.42 Å². The second kappa shape index (κ2) is 5.39. The van der Waals surface area contributed by atoms with Crippen LogP contribution in [0.2, 0.25) is 0 Å². The minimum atomic E-state index is -3.17. The number of benzene rings is 1. The number of sulfonamides is 1. The maximum absolute atomic E-state index is 11.7. The first kappa shape index (κ1) is 12.9. The van der Waals surface area contributed by atoms with Crippen molar-refractivity contribution < 1.29 is 8.42 Å². The lowest BCUT2D eigenvalue weighted by Crippen LogP contribution is -2.17. The second-order valence-electron chi connectivity index (χ2n) is 4.24. The Balaban J connectivity index is 2.02. The van der Waals surface area contributed by atoms with Crippen LogP contribution in [0.1, 0.15) is 18.4 Å². The first-order chi connectivity index (χ1) is 8.09. The third-order valence-corrected chi connectivity index (χ3v) is 4.41. The number of anilines is 1. The van der Waals surface area contributed by atoms with E-state index in [2.05, 4.69) is 27.3 Å². The molecule has 0 amide bonds. The SMILES string of the molecule is O=S(=O)(CC1CC1)Nc1ccc(/C=C/I)cc1. The van der Waals surface area contributed by atoms with Crippen LogP contribution in [0.3, 0.4) is 0 Å². The predicted octanol–water partition coefficient (Wildman–Crippen LogP) is 3.24. The van der Waals surface area contributed by atoms with Crippen LogP contribution in [0.4, 0.5) is 5.69 Å². The van der Waals surface area contributed by atoms with E-state index in [1.165, 1.54) is 0 Å². The highest BCUT2D eigenvalue weighted by Gasteiger charge is 2.27. The maximum Gasteiger partial charge on any atom is 0.232 e. The molecule has 1 aliphatic carbocycles. The molecule has 2 rings (SSSR count). The van der Waals surface area contributed by atoms with Crippen LogP contribution in [0.15, 0.2) is 28.3 Å². The van der Waals surface area contributed by atoms with Crippen LogP contribution in [-0.4, -0.2) is 14.2 Å². The highest BCUT2D eigenvalue weighted by atomic mass is 127. The molecular formula is C12H14INO2S. The highest BCUT2D eigenvalue weighted by Crippen LogP contribution is 2.30. The number of rotatable bonds is 5. The average Bonchev–Trinajstić information content (AvgIpc) is 3.04. The van der Waals surface area contributed by atoms with Crippen LogP contribution in [0.25, 0.3) is 6.08 Å². The minimum Gasteiger partial charge on any atom is -0.284 e. The fraction of sp³-hybridized carbons (Fsp3) is 0.333. The molecule has 1 aliphatic rings. The van der Waals surface area contributed by atoms with Crippen LogP contribution < -0.4 is 4.72 Å². The summed E-state index contributed by atoms with van der Waals surface area (Å²) in [6.07, 6.45) is 4.05. The van der Waals surface area contributed by atoms with Gasteiger partial charge in [-0.2, -0.15) is 0 Å². The van der Waals surface area contributed by atoms with E-state index in [1.807, 2.05) is 22.3 Å². The van der Waals surface area contributed by atoms with Gasteiger partial charge in [-0.3, -0.25) is 4.72 Å². The van der Waals surface area contributed by atoms with E-state index in [4.69, 9.17) is 0 Å². The zero-order valence-electron chi connectivity index (χ0n) is 9.27. The van der Waals surface area contributed by atoms with Gasteiger partial charge < -0.3 is 0 Å². The van der Waals surface area contributed by atoms with Crippen molar-refractivity contribution in [2.75, 3.05) is 10.5 Å². The summed E-state index contributed by atoms with van der Waals surface area (Å²) in [5.74, 6) is 0.622. The van der Waals surface area contributed by atoms with Gasteiger partial charge in [0, 0.05) is 5.69 Å². The van der Waals surface area contributed by atoms with E-state index in [0.717, 1.165) is 18.4 Å². The lowest BCUT2D eigenvalue weighted by molar-refractivity contribution is 0.597. The maximum atomic E-state index is 11.7. The molecule has 1 aromatic rings. The van der Waals surface area contributed by atoms with Gasteiger partial charge in [0.05, 0.1) is 5.75 Å². The van der Waals surface area contributed by atoms with Crippen molar-refractivity contribution in [1.82, 2.24) is 0 Å². The van der Waals surface area contributed by atoms with Gasteiger partial charge in [-0.05, 0) is 46.6 Å². The summed E-state index contributed by atoms with van der Waals surface area (Å²) < 4.78 is 28.0. The van der Waals surface area contributed by atoms with E-state index in [-0.39, 0.29) is 5.75 Å². The second-order valence-corrected chi connectivity index (χ2v) is 6.73. The molecule has 1 fully saturated rings. The first-order valence-electron chi connectivity index (χ1n) is 5.46.